The average molecular weight is 359 g/mol. The maximum absolute atomic E-state index is 4.47. The summed E-state index contributed by atoms with van der Waals surface area (Å²) in [6.45, 7) is 0.822. The highest BCUT2D eigenvalue weighted by Crippen LogP contribution is 2.21. The topological polar surface area (TPSA) is 91.3 Å². The first-order chi connectivity index (χ1) is 13.4. The van der Waals surface area contributed by atoms with Crippen LogP contribution in [0.2, 0.25) is 0 Å². The molecule has 4 aromatic rings. The number of anilines is 1. The van der Waals surface area contributed by atoms with Crippen molar-refractivity contribution < 1.29 is 5.43 Å². The Kier molecular flexibility index (Phi) is 3.89. The minimum atomic E-state index is 0.822. The Labute approximate surface area is 155 Å². The molecule has 1 aliphatic rings. The highest BCUT2D eigenvalue weighted by molar-refractivity contribution is 5.88. The molecule has 0 saturated carbocycles. The van der Waals surface area contributed by atoms with Crippen molar-refractivity contribution in [2.24, 2.45) is 0 Å². The van der Waals surface area contributed by atoms with E-state index in [2.05, 4.69) is 31.9 Å². The zero-order valence-corrected chi connectivity index (χ0v) is 14.6. The third-order valence-electron chi connectivity index (χ3n) is 4.65. The second-order valence-corrected chi connectivity index (χ2v) is 6.41. The fourth-order valence-electron chi connectivity index (χ4n) is 3.21. The number of para-hydroxylation sites is 1. The molecule has 5 rings (SSSR count). The minimum Gasteiger partial charge on any atom is -0.277 e. The van der Waals surface area contributed by atoms with E-state index in [1.54, 1.807) is 0 Å². The van der Waals surface area contributed by atoms with E-state index in [4.69, 9.17) is 0 Å². The van der Waals surface area contributed by atoms with Gasteiger partial charge in [-0.3, -0.25) is 14.8 Å². The number of rotatable bonds is 5. The minimum absolute atomic E-state index is 0.822. The van der Waals surface area contributed by atoms with Crippen LogP contribution in [-0.4, -0.2) is 25.0 Å². The first-order valence-electron chi connectivity index (χ1n) is 8.82. The first kappa shape index (κ1) is 15.7. The lowest BCUT2D eigenvalue weighted by Crippen LogP contribution is -2.90. The highest BCUT2D eigenvalue weighted by atomic mass is 15.7. The molecule has 0 atom stereocenters. The number of aromatic amines is 1. The number of nitrogens with one attached hydrogen (secondary N) is 2. The summed E-state index contributed by atoms with van der Waals surface area (Å²) >= 11 is 0. The molecule has 4 heterocycles. The van der Waals surface area contributed by atoms with E-state index in [1.807, 2.05) is 76.4 Å². The Morgan fingerprint density at radius 2 is 1.96 bits per heavy atom. The van der Waals surface area contributed by atoms with E-state index in [1.165, 1.54) is 5.56 Å². The van der Waals surface area contributed by atoms with Crippen molar-refractivity contribution in [2.45, 2.75) is 13.0 Å². The molecule has 0 radical (unpaired) electrons. The number of benzene rings is 1. The number of aryl methyl sites for hydroxylation is 2. The van der Waals surface area contributed by atoms with Gasteiger partial charge in [-0.25, -0.2) is 10.4 Å². The molecular weight excluding hydrogens is 340 g/mol. The summed E-state index contributed by atoms with van der Waals surface area (Å²) in [6.07, 6.45) is 10.5. The highest BCUT2D eigenvalue weighted by Gasteiger charge is 2.23. The Bertz CT molecular complexity index is 1100. The van der Waals surface area contributed by atoms with Crippen LogP contribution in [0.3, 0.4) is 0 Å². The van der Waals surface area contributed by atoms with Crippen molar-refractivity contribution in [1.82, 2.24) is 30.5 Å². The quantitative estimate of drug-likeness (QED) is 0.466. The van der Waals surface area contributed by atoms with Crippen LogP contribution >= 0.6 is 0 Å². The van der Waals surface area contributed by atoms with Gasteiger partial charge in [-0.05, 0) is 30.2 Å². The fourth-order valence-corrected chi connectivity index (χ4v) is 3.21. The second-order valence-electron chi connectivity index (χ2n) is 6.41. The molecule has 0 fully saturated rings. The standard InChI is InChI=1S/C19H18N8/c1-2-4-17-16(3-1)19(24-22-17)18-13-27(25-23-18)15-11-21-26(12-15)10-7-14-5-8-20-9-6-14/h1-6,8-9,11-13,23,25H,7,10H2,(H,22,24)/p+1. The van der Waals surface area contributed by atoms with E-state index in [9.17, 15) is 0 Å². The maximum Gasteiger partial charge on any atom is 0.196 e. The molecule has 1 aromatic carbocycles. The molecule has 1 aliphatic heterocycles. The third-order valence-corrected chi connectivity index (χ3v) is 4.65. The van der Waals surface area contributed by atoms with Crippen molar-refractivity contribution in [3.63, 3.8) is 0 Å². The van der Waals surface area contributed by atoms with Gasteiger partial charge < -0.3 is 0 Å². The maximum atomic E-state index is 4.47. The van der Waals surface area contributed by atoms with E-state index in [0.29, 0.717) is 0 Å². The van der Waals surface area contributed by atoms with Crippen LogP contribution in [0, 0.1) is 0 Å². The third kappa shape index (κ3) is 3.07. The fraction of sp³-hybridized carbons (Fsp3) is 0.105. The van der Waals surface area contributed by atoms with Crippen LogP contribution < -0.4 is 16.0 Å². The Morgan fingerprint density at radius 1 is 1.07 bits per heavy atom. The second kappa shape index (κ2) is 6.67. The predicted molar refractivity (Wildman–Crippen MR) is 102 cm³/mol. The van der Waals surface area contributed by atoms with E-state index in [0.717, 1.165) is 40.9 Å². The summed E-state index contributed by atoms with van der Waals surface area (Å²) in [7, 11) is 0. The lowest BCUT2D eigenvalue weighted by molar-refractivity contribution is -0.618. The van der Waals surface area contributed by atoms with Gasteiger partial charge in [0.05, 0.1) is 24.1 Å². The summed E-state index contributed by atoms with van der Waals surface area (Å²) in [6, 6.07) is 12.2. The van der Waals surface area contributed by atoms with Crippen LogP contribution in [0.25, 0.3) is 16.6 Å². The average Bonchev–Trinajstić information content (AvgIpc) is 3.45. The van der Waals surface area contributed by atoms with Crippen molar-refractivity contribution in [2.75, 3.05) is 5.01 Å². The van der Waals surface area contributed by atoms with Crippen LogP contribution in [0.1, 0.15) is 11.3 Å². The Balaban J connectivity index is 1.32. The molecule has 0 amide bonds. The zero-order chi connectivity index (χ0) is 18.1. The number of hydrogen-bond acceptors (Lipinski definition) is 5. The van der Waals surface area contributed by atoms with Gasteiger partial charge in [-0.1, -0.05) is 23.7 Å². The van der Waals surface area contributed by atoms with Crippen molar-refractivity contribution in [3.8, 4) is 0 Å². The molecule has 27 heavy (non-hydrogen) atoms. The number of nitrogens with two attached hydrogens (primary N) is 1. The first-order valence-corrected chi connectivity index (χ1v) is 8.82. The number of hydrogen-bond donors (Lipinski definition) is 3. The predicted octanol–water partition coefficient (Wildman–Crippen LogP) is 1.20. The summed E-state index contributed by atoms with van der Waals surface area (Å²) < 4.78 is 1.95. The zero-order valence-electron chi connectivity index (χ0n) is 14.6. The number of H-pyrrole nitrogens is 1. The molecule has 0 aliphatic carbocycles. The van der Waals surface area contributed by atoms with Crippen LogP contribution in [0.5, 0.6) is 0 Å². The van der Waals surface area contributed by atoms with E-state index in [-0.39, 0.29) is 0 Å². The van der Waals surface area contributed by atoms with Crippen molar-refractivity contribution in [3.05, 3.63) is 78.6 Å². The molecule has 8 heteroatoms. The summed E-state index contributed by atoms with van der Waals surface area (Å²) in [4.78, 5) is 4.05. The number of fused-ring (bicyclic) bond motifs is 1. The largest absolute Gasteiger partial charge is 0.277 e. The summed E-state index contributed by atoms with van der Waals surface area (Å²) in [5, 5.41) is 15.1. The molecule has 0 spiro atoms. The number of nitrogens with zero attached hydrogens (tertiary/aromatic N) is 5. The number of quaternary nitrogens is 1. The molecule has 8 nitrogen and oxygen atoms in total. The smallest absolute Gasteiger partial charge is 0.196 e. The van der Waals surface area contributed by atoms with Gasteiger partial charge in [-0.15, -0.1) is 0 Å². The number of hydrazine groups is 1. The van der Waals surface area contributed by atoms with Crippen LogP contribution in [0.4, 0.5) is 5.69 Å². The summed E-state index contributed by atoms with van der Waals surface area (Å²) in [5.41, 5.74) is 10.4. The Hall–Kier alpha value is -3.49. The van der Waals surface area contributed by atoms with Gasteiger partial charge in [0.1, 0.15) is 5.69 Å². The van der Waals surface area contributed by atoms with Gasteiger partial charge in [0, 0.05) is 24.3 Å². The monoisotopic (exact) mass is 359 g/mol. The normalized spacial score (nSPS) is 14.1. The molecular formula is C19H19N8+. The lowest BCUT2D eigenvalue weighted by Gasteiger charge is -2.08. The van der Waals surface area contributed by atoms with Crippen LogP contribution in [-0.2, 0) is 13.0 Å². The van der Waals surface area contributed by atoms with E-state index >= 15 is 0 Å². The van der Waals surface area contributed by atoms with E-state index < -0.39 is 0 Å². The van der Waals surface area contributed by atoms with Gasteiger partial charge in [0.2, 0.25) is 0 Å². The number of pyridine rings is 1. The van der Waals surface area contributed by atoms with Gasteiger partial charge in [0.25, 0.3) is 0 Å². The Morgan fingerprint density at radius 3 is 2.89 bits per heavy atom. The molecule has 0 unspecified atom stereocenters. The van der Waals surface area contributed by atoms with Crippen LogP contribution in [0.15, 0.2) is 67.4 Å². The number of aromatic nitrogens is 5. The van der Waals surface area contributed by atoms with Crippen molar-refractivity contribution >= 4 is 22.3 Å². The van der Waals surface area contributed by atoms with Gasteiger partial charge in [-0.2, -0.15) is 10.2 Å². The molecule has 3 aromatic heterocycles. The summed E-state index contributed by atoms with van der Waals surface area (Å²) in [5.74, 6) is 0. The SMILES string of the molecule is C1=C(c2n[nH]c3ccccc23)[NH2+]NN1c1cnn(CCc2ccncc2)c1. The molecule has 0 bridgehead atoms. The van der Waals surface area contributed by atoms with Crippen molar-refractivity contribution in [1.29, 1.82) is 0 Å². The van der Waals surface area contributed by atoms with Gasteiger partial charge in [0.15, 0.2) is 11.4 Å². The molecule has 4 N–H and O–H groups in total. The molecule has 134 valence electrons. The lowest BCUT2D eigenvalue weighted by atomic mass is 10.2. The van der Waals surface area contributed by atoms with Gasteiger partial charge >= 0.3 is 0 Å². The molecule has 0 saturated heterocycles.